The van der Waals surface area contributed by atoms with Gasteiger partial charge in [0.25, 0.3) is 0 Å². The Morgan fingerprint density at radius 2 is 2.18 bits per heavy atom. The number of halogens is 2. The molecule has 0 saturated heterocycles. The Hall–Kier alpha value is -1.24. The molecule has 5 heteroatoms. The van der Waals surface area contributed by atoms with Gasteiger partial charge in [-0.1, -0.05) is 11.6 Å². The van der Waals surface area contributed by atoms with Gasteiger partial charge in [-0.15, -0.1) is 11.6 Å². The summed E-state index contributed by atoms with van der Waals surface area (Å²) in [7, 11) is 0. The Labute approximate surface area is 110 Å². The first-order chi connectivity index (χ1) is 8.17. The van der Waals surface area contributed by atoms with Gasteiger partial charge in [-0.05, 0) is 31.0 Å². The summed E-state index contributed by atoms with van der Waals surface area (Å²) >= 11 is 11.3. The van der Waals surface area contributed by atoms with Gasteiger partial charge >= 0.3 is 0 Å². The number of rotatable bonds is 5. The van der Waals surface area contributed by atoms with Crippen LogP contribution in [0.25, 0.3) is 0 Å². The molecule has 0 fully saturated rings. The topological polar surface area (TPSA) is 52.9 Å². The van der Waals surface area contributed by atoms with E-state index in [1.54, 1.807) is 18.2 Å². The zero-order valence-corrected chi connectivity index (χ0v) is 10.7. The maximum atomic E-state index is 11.5. The zero-order valence-electron chi connectivity index (χ0n) is 9.17. The van der Waals surface area contributed by atoms with Gasteiger partial charge in [0, 0.05) is 18.0 Å². The predicted molar refractivity (Wildman–Crippen MR) is 69.4 cm³/mol. The molecule has 0 spiro atoms. The van der Waals surface area contributed by atoms with E-state index in [4.69, 9.17) is 28.5 Å². The van der Waals surface area contributed by atoms with E-state index in [1.165, 1.54) is 0 Å². The third-order valence-corrected chi connectivity index (χ3v) is 2.75. The molecule has 90 valence electrons. The monoisotopic (exact) mass is 270 g/mol. The number of carbonyl (C=O) groups is 1. The summed E-state index contributed by atoms with van der Waals surface area (Å²) in [4.78, 5) is 11.5. The van der Waals surface area contributed by atoms with Gasteiger partial charge in [0.05, 0.1) is 10.6 Å². The summed E-state index contributed by atoms with van der Waals surface area (Å²) in [6, 6.07) is 6.78. The minimum absolute atomic E-state index is 0.0821. The van der Waals surface area contributed by atoms with Crippen LogP contribution in [-0.2, 0) is 4.79 Å². The van der Waals surface area contributed by atoms with Crippen molar-refractivity contribution in [3.8, 4) is 6.07 Å². The number of nitrogens with zero attached hydrogens (tertiary/aromatic N) is 1. The highest BCUT2D eigenvalue weighted by Crippen LogP contribution is 2.19. The van der Waals surface area contributed by atoms with E-state index in [9.17, 15) is 4.79 Å². The number of benzene rings is 1. The fraction of sp³-hybridized carbons (Fsp3) is 0.333. The number of amides is 1. The van der Waals surface area contributed by atoms with Crippen LogP contribution < -0.4 is 5.32 Å². The molecule has 1 N–H and O–H groups in total. The number of hydrogen-bond acceptors (Lipinski definition) is 2. The first-order valence-corrected chi connectivity index (χ1v) is 6.14. The van der Waals surface area contributed by atoms with Crippen molar-refractivity contribution in [2.24, 2.45) is 0 Å². The first kappa shape index (κ1) is 13.8. The lowest BCUT2D eigenvalue weighted by Gasteiger charge is -2.05. The zero-order chi connectivity index (χ0) is 12.7. The van der Waals surface area contributed by atoms with Crippen LogP contribution in [0.15, 0.2) is 18.2 Å². The number of unbranched alkanes of at least 4 members (excludes halogenated alkanes) is 1. The van der Waals surface area contributed by atoms with E-state index in [1.807, 2.05) is 6.07 Å². The SMILES string of the molecule is N#Cc1cc(NC(=O)CCCCCl)ccc1Cl. The third-order valence-electron chi connectivity index (χ3n) is 2.16. The maximum Gasteiger partial charge on any atom is 0.224 e. The van der Waals surface area contributed by atoms with Crippen molar-refractivity contribution in [1.82, 2.24) is 0 Å². The second kappa shape index (κ2) is 7.16. The second-order valence-electron chi connectivity index (χ2n) is 3.50. The van der Waals surface area contributed by atoms with Gasteiger partial charge in [-0.2, -0.15) is 5.26 Å². The molecule has 0 aliphatic rings. The van der Waals surface area contributed by atoms with Crippen LogP contribution in [0.3, 0.4) is 0 Å². The minimum atomic E-state index is -0.0821. The highest BCUT2D eigenvalue weighted by molar-refractivity contribution is 6.31. The number of carbonyl (C=O) groups excluding carboxylic acids is 1. The summed E-state index contributed by atoms with van der Waals surface area (Å²) in [5, 5.41) is 11.9. The molecule has 1 aromatic carbocycles. The lowest BCUT2D eigenvalue weighted by atomic mass is 10.2. The molecule has 1 aromatic rings. The van der Waals surface area contributed by atoms with Gasteiger partial charge in [0.15, 0.2) is 0 Å². The number of hydrogen-bond donors (Lipinski definition) is 1. The summed E-state index contributed by atoms with van der Waals surface area (Å²) in [5.74, 6) is 0.480. The smallest absolute Gasteiger partial charge is 0.224 e. The number of nitriles is 1. The first-order valence-electron chi connectivity index (χ1n) is 5.23. The lowest BCUT2D eigenvalue weighted by molar-refractivity contribution is -0.116. The molecule has 1 rings (SSSR count). The van der Waals surface area contributed by atoms with Crippen LogP contribution in [0.4, 0.5) is 5.69 Å². The quantitative estimate of drug-likeness (QED) is 0.657. The molecule has 17 heavy (non-hydrogen) atoms. The Balaban J connectivity index is 2.57. The van der Waals surface area contributed by atoms with E-state index >= 15 is 0 Å². The van der Waals surface area contributed by atoms with Crippen LogP contribution in [-0.4, -0.2) is 11.8 Å². The van der Waals surface area contributed by atoms with E-state index in [0.717, 1.165) is 12.8 Å². The molecule has 0 aromatic heterocycles. The van der Waals surface area contributed by atoms with Crippen LogP contribution in [0.1, 0.15) is 24.8 Å². The highest BCUT2D eigenvalue weighted by atomic mass is 35.5. The van der Waals surface area contributed by atoms with Crippen molar-refractivity contribution < 1.29 is 4.79 Å². The molecule has 0 bridgehead atoms. The Bertz CT molecular complexity index is 441. The highest BCUT2D eigenvalue weighted by Gasteiger charge is 2.05. The molecule has 0 aliphatic heterocycles. The Morgan fingerprint density at radius 3 is 2.82 bits per heavy atom. The van der Waals surface area contributed by atoms with Gasteiger partial charge in [-0.3, -0.25) is 4.79 Å². The van der Waals surface area contributed by atoms with Crippen LogP contribution in [0.5, 0.6) is 0 Å². The van der Waals surface area contributed by atoms with Crippen molar-refractivity contribution in [3.05, 3.63) is 28.8 Å². The van der Waals surface area contributed by atoms with Gasteiger partial charge in [-0.25, -0.2) is 0 Å². The van der Waals surface area contributed by atoms with Gasteiger partial charge in [0.1, 0.15) is 6.07 Å². The van der Waals surface area contributed by atoms with Crippen LogP contribution >= 0.6 is 23.2 Å². The largest absolute Gasteiger partial charge is 0.326 e. The van der Waals surface area contributed by atoms with Crippen molar-refractivity contribution in [3.63, 3.8) is 0 Å². The fourth-order valence-corrected chi connectivity index (χ4v) is 1.64. The van der Waals surface area contributed by atoms with Crippen molar-refractivity contribution in [2.75, 3.05) is 11.2 Å². The van der Waals surface area contributed by atoms with E-state index < -0.39 is 0 Å². The van der Waals surface area contributed by atoms with E-state index in [2.05, 4.69) is 5.32 Å². The molecular weight excluding hydrogens is 259 g/mol. The van der Waals surface area contributed by atoms with Gasteiger partial charge in [0.2, 0.25) is 5.91 Å². The van der Waals surface area contributed by atoms with Crippen molar-refractivity contribution in [1.29, 1.82) is 5.26 Å². The van der Waals surface area contributed by atoms with Crippen molar-refractivity contribution in [2.45, 2.75) is 19.3 Å². The molecule has 0 heterocycles. The van der Waals surface area contributed by atoms with E-state index in [0.29, 0.717) is 28.6 Å². The molecule has 0 unspecified atom stereocenters. The second-order valence-corrected chi connectivity index (χ2v) is 4.29. The summed E-state index contributed by atoms with van der Waals surface area (Å²) in [6.07, 6.45) is 2.00. The average molecular weight is 271 g/mol. The number of alkyl halides is 1. The summed E-state index contributed by atoms with van der Waals surface area (Å²) in [5.41, 5.74) is 0.937. The molecule has 0 radical (unpaired) electrons. The summed E-state index contributed by atoms with van der Waals surface area (Å²) in [6.45, 7) is 0. The standard InChI is InChI=1S/C12H12Cl2N2O/c13-6-2-1-3-12(17)16-10-4-5-11(14)9(7-10)8-15/h4-5,7H,1-3,6H2,(H,16,17). The number of nitrogens with one attached hydrogen (secondary N) is 1. The fourth-order valence-electron chi connectivity index (χ4n) is 1.29. The third kappa shape index (κ3) is 4.64. The maximum absolute atomic E-state index is 11.5. The molecular formula is C12H12Cl2N2O. The lowest BCUT2D eigenvalue weighted by Crippen LogP contribution is -2.11. The molecule has 0 saturated carbocycles. The Morgan fingerprint density at radius 1 is 1.41 bits per heavy atom. The van der Waals surface area contributed by atoms with Crippen molar-refractivity contribution >= 4 is 34.8 Å². The summed E-state index contributed by atoms with van der Waals surface area (Å²) < 4.78 is 0. The minimum Gasteiger partial charge on any atom is -0.326 e. The molecule has 3 nitrogen and oxygen atoms in total. The molecule has 0 aliphatic carbocycles. The molecule has 1 amide bonds. The number of anilines is 1. The van der Waals surface area contributed by atoms with Gasteiger partial charge < -0.3 is 5.32 Å². The van der Waals surface area contributed by atoms with Crippen LogP contribution in [0, 0.1) is 11.3 Å². The van der Waals surface area contributed by atoms with E-state index in [-0.39, 0.29) is 5.91 Å². The normalized spacial score (nSPS) is 9.71. The predicted octanol–water partition coefficient (Wildman–Crippen LogP) is 3.56. The Kier molecular flexibility index (Phi) is 5.82. The molecule has 0 atom stereocenters. The van der Waals surface area contributed by atoms with Crippen LogP contribution in [0.2, 0.25) is 5.02 Å². The average Bonchev–Trinajstić information content (AvgIpc) is 2.32.